The summed E-state index contributed by atoms with van der Waals surface area (Å²) in [6, 6.07) is 13.0. The minimum absolute atomic E-state index is 0.0419. The maximum absolute atomic E-state index is 12.6. The Morgan fingerprint density at radius 2 is 1.96 bits per heavy atom. The third-order valence-electron chi connectivity index (χ3n) is 4.18. The van der Waals surface area contributed by atoms with E-state index >= 15 is 0 Å². The summed E-state index contributed by atoms with van der Waals surface area (Å²) in [7, 11) is 5.25. The Balaban J connectivity index is 2.04. The number of hydrogen-bond donors (Lipinski definition) is 2. The molecule has 0 spiro atoms. The Kier molecular flexibility index (Phi) is 6.84. The fraction of sp³-hybridized carbons (Fsp3) is 0.316. The Bertz CT molecular complexity index is 736. The molecule has 0 radical (unpaired) electrons. The van der Waals surface area contributed by atoms with E-state index in [1.807, 2.05) is 50.4 Å². The van der Waals surface area contributed by atoms with Crippen molar-refractivity contribution >= 4 is 27.5 Å². The van der Waals surface area contributed by atoms with Crippen LogP contribution in [0.4, 0.5) is 5.69 Å². The van der Waals surface area contributed by atoms with Gasteiger partial charge in [0, 0.05) is 21.8 Å². The predicted molar refractivity (Wildman–Crippen MR) is 102 cm³/mol. The van der Waals surface area contributed by atoms with E-state index in [-0.39, 0.29) is 11.9 Å². The van der Waals surface area contributed by atoms with Crippen molar-refractivity contribution in [2.24, 2.45) is 0 Å². The summed E-state index contributed by atoms with van der Waals surface area (Å²) < 4.78 is 11.6. The molecular weight excluding hydrogens is 384 g/mol. The van der Waals surface area contributed by atoms with E-state index < -0.39 is 0 Å². The second-order valence-electron chi connectivity index (χ2n) is 5.92. The lowest BCUT2D eigenvalue weighted by Gasteiger charge is -2.22. The zero-order valence-electron chi connectivity index (χ0n) is 14.9. The number of benzene rings is 2. The largest absolute Gasteiger partial charge is 0.497 e. The molecule has 2 atom stereocenters. The molecule has 134 valence electrons. The summed E-state index contributed by atoms with van der Waals surface area (Å²) in [5, 5.41) is 2.94. The summed E-state index contributed by atoms with van der Waals surface area (Å²) in [4.78, 5) is 13.6. The fourth-order valence-electron chi connectivity index (χ4n) is 2.51. The molecule has 0 aliphatic heterocycles. The zero-order valence-corrected chi connectivity index (χ0v) is 16.5. The normalized spacial score (nSPS) is 13.0. The lowest BCUT2D eigenvalue weighted by Crippen LogP contribution is -3.12. The fourth-order valence-corrected chi connectivity index (χ4v) is 2.92. The van der Waals surface area contributed by atoms with Gasteiger partial charge in [-0.2, -0.15) is 0 Å². The number of ether oxygens (including phenoxy) is 2. The van der Waals surface area contributed by atoms with Gasteiger partial charge in [0.1, 0.15) is 18.0 Å². The average molecular weight is 408 g/mol. The van der Waals surface area contributed by atoms with Crippen molar-refractivity contribution in [3.63, 3.8) is 0 Å². The maximum Gasteiger partial charge on any atom is 0.282 e. The van der Waals surface area contributed by atoms with Gasteiger partial charge in [-0.15, -0.1) is 0 Å². The van der Waals surface area contributed by atoms with Crippen LogP contribution in [0.15, 0.2) is 46.9 Å². The standard InChI is InChI=1S/C19H23BrN2O3/c1-13(19(23)21-16-6-5-7-17(11-16)24-3)22(2)12-14-10-15(20)8-9-18(14)25-4/h5-11,13H,12H2,1-4H3,(H,21,23)/p+1/t13-/m1/s1. The number of carbonyl (C=O) groups is 1. The van der Waals surface area contributed by atoms with Crippen LogP contribution in [0.5, 0.6) is 11.5 Å². The van der Waals surface area contributed by atoms with E-state index in [1.165, 1.54) is 0 Å². The molecule has 0 fully saturated rings. The van der Waals surface area contributed by atoms with Crippen LogP contribution in [0.1, 0.15) is 12.5 Å². The van der Waals surface area contributed by atoms with Gasteiger partial charge in [0.25, 0.3) is 5.91 Å². The van der Waals surface area contributed by atoms with Gasteiger partial charge in [-0.1, -0.05) is 22.0 Å². The first-order valence-corrected chi connectivity index (χ1v) is 8.83. The van der Waals surface area contributed by atoms with Gasteiger partial charge >= 0.3 is 0 Å². The van der Waals surface area contributed by atoms with Crippen molar-refractivity contribution < 1.29 is 19.2 Å². The number of halogens is 1. The van der Waals surface area contributed by atoms with Gasteiger partial charge in [0.05, 0.1) is 21.3 Å². The smallest absolute Gasteiger partial charge is 0.282 e. The number of anilines is 1. The van der Waals surface area contributed by atoms with Crippen molar-refractivity contribution in [1.29, 1.82) is 0 Å². The van der Waals surface area contributed by atoms with Gasteiger partial charge < -0.3 is 19.7 Å². The molecule has 2 aromatic carbocycles. The molecule has 2 rings (SSSR count). The molecule has 0 aliphatic rings. The molecule has 25 heavy (non-hydrogen) atoms. The summed E-state index contributed by atoms with van der Waals surface area (Å²) in [5.41, 5.74) is 1.78. The van der Waals surface area contributed by atoms with Gasteiger partial charge in [-0.3, -0.25) is 4.79 Å². The molecule has 1 unspecified atom stereocenters. The molecule has 0 bridgehead atoms. The monoisotopic (exact) mass is 407 g/mol. The highest BCUT2D eigenvalue weighted by atomic mass is 79.9. The van der Waals surface area contributed by atoms with Crippen molar-refractivity contribution in [2.75, 3.05) is 26.6 Å². The van der Waals surface area contributed by atoms with Crippen LogP contribution in [-0.2, 0) is 11.3 Å². The van der Waals surface area contributed by atoms with Crippen LogP contribution < -0.4 is 19.7 Å². The minimum Gasteiger partial charge on any atom is -0.497 e. The second-order valence-corrected chi connectivity index (χ2v) is 6.84. The third-order valence-corrected chi connectivity index (χ3v) is 4.67. The Labute approximate surface area is 157 Å². The number of likely N-dealkylation sites (N-methyl/N-ethyl adjacent to an activating group) is 1. The van der Waals surface area contributed by atoms with Gasteiger partial charge in [-0.25, -0.2) is 0 Å². The van der Waals surface area contributed by atoms with Gasteiger partial charge in [0.2, 0.25) is 0 Å². The lowest BCUT2D eigenvalue weighted by atomic mass is 10.1. The molecule has 0 aliphatic carbocycles. The molecule has 2 N–H and O–H groups in total. The third kappa shape index (κ3) is 5.21. The quantitative estimate of drug-likeness (QED) is 0.741. The number of carbonyl (C=O) groups excluding carboxylic acids is 1. The van der Waals surface area contributed by atoms with Gasteiger partial charge in [0.15, 0.2) is 6.04 Å². The maximum atomic E-state index is 12.6. The molecule has 5 nitrogen and oxygen atoms in total. The molecular formula is C19H24BrN2O3+. The molecule has 6 heteroatoms. The van der Waals surface area contributed by atoms with Crippen LogP contribution in [0, 0.1) is 0 Å². The molecule has 2 aromatic rings. The Hall–Kier alpha value is -2.05. The highest BCUT2D eigenvalue weighted by Crippen LogP contribution is 2.22. The zero-order chi connectivity index (χ0) is 18.4. The molecule has 0 aromatic heterocycles. The second kappa shape index (κ2) is 8.87. The molecule has 0 saturated heterocycles. The summed E-state index contributed by atoms with van der Waals surface area (Å²) in [6.45, 7) is 2.59. The first kappa shape index (κ1) is 19.3. The van der Waals surface area contributed by atoms with Crippen LogP contribution in [0.25, 0.3) is 0 Å². The number of methoxy groups -OCH3 is 2. The number of quaternary nitrogens is 1. The van der Waals surface area contributed by atoms with E-state index in [9.17, 15) is 4.79 Å². The Morgan fingerprint density at radius 1 is 1.20 bits per heavy atom. The van der Waals surface area contributed by atoms with E-state index in [0.717, 1.165) is 26.4 Å². The van der Waals surface area contributed by atoms with Crippen LogP contribution >= 0.6 is 15.9 Å². The average Bonchev–Trinajstić information content (AvgIpc) is 2.61. The molecule has 0 saturated carbocycles. The number of hydrogen-bond acceptors (Lipinski definition) is 3. The van der Waals surface area contributed by atoms with Crippen molar-refractivity contribution in [2.45, 2.75) is 19.5 Å². The minimum atomic E-state index is -0.227. The summed E-state index contributed by atoms with van der Waals surface area (Å²) in [6.07, 6.45) is 0. The number of amides is 1. The van der Waals surface area contributed by atoms with Crippen LogP contribution in [0.3, 0.4) is 0 Å². The molecule has 1 amide bonds. The highest BCUT2D eigenvalue weighted by Gasteiger charge is 2.23. The predicted octanol–water partition coefficient (Wildman–Crippen LogP) is 2.51. The Morgan fingerprint density at radius 3 is 2.64 bits per heavy atom. The van der Waals surface area contributed by atoms with E-state index in [2.05, 4.69) is 21.2 Å². The van der Waals surface area contributed by atoms with Crippen LogP contribution in [0.2, 0.25) is 0 Å². The SMILES string of the molecule is COc1cccc(NC(=O)[C@@H](C)[NH+](C)Cc2cc(Br)ccc2OC)c1. The van der Waals surface area contributed by atoms with E-state index in [4.69, 9.17) is 9.47 Å². The molecule has 0 heterocycles. The first-order valence-electron chi connectivity index (χ1n) is 8.04. The lowest BCUT2D eigenvalue weighted by molar-refractivity contribution is -0.907. The summed E-state index contributed by atoms with van der Waals surface area (Å²) >= 11 is 3.48. The first-order chi connectivity index (χ1) is 11.9. The van der Waals surface area contributed by atoms with Crippen LogP contribution in [-0.4, -0.2) is 33.2 Å². The number of nitrogens with one attached hydrogen (secondary N) is 2. The number of rotatable bonds is 7. The van der Waals surface area contributed by atoms with Crippen molar-refractivity contribution in [3.05, 3.63) is 52.5 Å². The van der Waals surface area contributed by atoms with Crippen molar-refractivity contribution in [1.82, 2.24) is 0 Å². The summed E-state index contributed by atoms with van der Waals surface area (Å²) in [5.74, 6) is 1.49. The highest BCUT2D eigenvalue weighted by molar-refractivity contribution is 9.10. The topological polar surface area (TPSA) is 52.0 Å². The van der Waals surface area contributed by atoms with E-state index in [1.54, 1.807) is 20.3 Å². The van der Waals surface area contributed by atoms with Crippen molar-refractivity contribution in [3.8, 4) is 11.5 Å². The van der Waals surface area contributed by atoms with Gasteiger partial charge in [-0.05, 0) is 37.3 Å². The van der Waals surface area contributed by atoms with E-state index in [0.29, 0.717) is 12.3 Å².